The number of carbonyl (C=O) groups excluding carboxylic acids is 2. The first-order chi connectivity index (χ1) is 13.9. The van der Waals surface area contributed by atoms with E-state index in [4.69, 9.17) is 14.7 Å². The third kappa shape index (κ3) is 4.42. The van der Waals surface area contributed by atoms with Gasteiger partial charge in [-0.05, 0) is 37.3 Å². The van der Waals surface area contributed by atoms with Gasteiger partial charge in [-0.2, -0.15) is 5.26 Å². The Morgan fingerprint density at radius 2 is 2.03 bits per heavy atom. The highest BCUT2D eigenvalue weighted by Crippen LogP contribution is 2.34. The molecule has 0 bridgehead atoms. The molecule has 148 valence electrons. The lowest BCUT2D eigenvalue weighted by Crippen LogP contribution is -2.30. The van der Waals surface area contributed by atoms with Gasteiger partial charge in [0.05, 0.1) is 18.2 Å². The van der Waals surface area contributed by atoms with Crippen LogP contribution in [0, 0.1) is 17.1 Å². The van der Waals surface area contributed by atoms with E-state index >= 15 is 0 Å². The van der Waals surface area contributed by atoms with Crippen LogP contribution in [0.15, 0.2) is 42.5 Å². The normalized spacial score (nSPS) is 11.7. The van der Waals surface area contributed by atoms with Crippen molar-refractivity contribution in [1.82, 2.24) is 0 Å². The number of carbonyl (C=O) groups is 2. The van der Waals surface area contributed by atoms with Crippen LogP contribution in [0.3, 0.4) is 0 Å². The Bertz CT molecular complexity index is 1120. The zero-order valence-electron chi connectivity index (χ0n) is 15.7. The van der Waals surface area contributed by atoms with Crippen molar-refractivity contribution < 1.29 is 23.5 Å². The summed E-state index contributed by atoms with van der Waals surface area (Å²) in [6.07, 6.45) is -1.10. The highest BCUT2D eigenvalue weighted by Gasteiger charge is 2.25. The van der Waals surface area contributed by atoms with E-state index in [1.54, 1.807) is 30.3 Å². The molecule has 1 aromatic heterocycles. The molecule has 2 aromatic carbocycles. The number of hydrogen-bond donors (Lipinski definition) is 1. The first-order valence-corrected chi connectivity index (χ1v) is 9.47. The number of methoxy groups -OCH3 is 1. The van der Waals surface area contributed by atoms with Crippen LogP contribution in [-0.2, 0) is 20.9 Å². The van der Waals surface area contributed by atoms with Crippen LogP contribution >= 0.6 is 11.3 Å². The Kier molecular flexibility index (Phi) is 6.22. The lowest BCUT2D eigenvalue weighted by atomic mass is 10.1. The smallest absolute Gasteiger partial charge is 0.349 e. The van der Waals surface area contributed by atoms with Crippen LogP contribution in [0.5, 0.6) is 0 Å². The number of benzene rings is 2. The van der Waals surface area contributed by atoms with Crippen LogP contribution < -0.4 is 5.32 Å². The van der Waals surface area contributed by atoms with Crippen molar-refractivity contribution in [1.29, 1.82) is 5.26 Å². The second kappa shape index (κ2) is 8.82. The lowest BCUT2D eigenvalue weighted by Gasteiger charge is -2.14. The molecule has 0 saturated heterocycles. The van der Waals surface area contributed by atoms with Gasteiger partial charge in [0.1, 0.15) is 10.7 Å². The van der Waals surface area contributed by atoms with Gasteiger partial charge in [0.25, 0.3) is 5.91 Å². The van der Waals surface area contributed by atoms with Gasteiger partial charge < -0.3 is 14.8 Å². The number of amides is 1. The Morgan fingerprint density at radius 1 is 1.28 bits per heavy atom. The minimum Gasteiger partial charge on any atom is -0.448 e. The summed E-state index contributed by atoms with van der Waals surface area (Å²) in [5.41, 5.74) is 1.20. The van der Waals surface area contributed by atoms with E-state index in [9.17, 15) is 14.0 Å². The topological polar surface area (TPSA) is 88.4 Å². The van der Waals surface area contributed by atoms with Crippen LogP contribution in [0.25, 0.3) is 10.1 Å². The number of esters is 1. The number of ether oxygens (including phenoxy) is 2. The largest absolute Gasteiger partial charge is 0.448 e. The van der Waals surface area contributed by atoms with Gasteiger partial charge in [0.2, 0.25) is 0 Å². The second-order valence-corrected chi connectivity index (χ2v) is 7.24. The molecule has 0 aliphatic heterocycles. The molecule has 0 saturated carbocycles. The Labute approximate surface area is 170 Å². The fourth-order valence-electron chi connectivity index (χ4n) is 2.79. The van der Waals surface area contributed by atoms with E-state index in [0.717, 1.165) is 11.3 Å². The summed E-state index contributed by atoms with van der Waals surface area (Å²) in [4.78, 5) is 25.2. The number of nitrogens with zero attached hydrogens (tertiary/aromatic N) is 1. The Morgan fingerprint density at radius 3 is 2.76 bits per heavy atom. The summed E-state index contributed by atoms with van der Waals surface area (Å²) < 4.78 is 25.3. The van der Waals surface area contributed by atoms with Gasteiger partial charge in [-0.25, -0.2) is 9.18 Å². The highest BCUT2D eigenvalue weighted by atomic mass is 32.1. The zero-order valence-corrected chi connectivity index (χ0v) is 16.5. The molecule has 0 aliphatic rings. The SMILES string of the molecule is COCc1c(C(=O)O[C@@H](C)C(=O)Nc2cccc(C#N)c2)sc2cccc(F)c12. The summed E-state index contributed by atoms with van der Waals surface area (Å²) in [6.45, 7) is 1.47. The molecule has 8 heteroatoms. The minimum absolute atomic E-state index is 0.0346. The van der Waals surface area contributed by atoms with Crippen molar-refractivity contribution in [3.63, 3.8) is 0 Å². The number of anilines is 1. The van der Waals surface area contributed by atoms with Crippen molar-refractivity contribution in [2.45, 2.75) is 19.6 Å². The second-order valence-electron chi connectivity index (χ2n) is 6.19. The molecular weight excluding hydrogens is 395 g/mol. The molecule has 1 atom stereocenters. The predicted octanol–water partition coefficient (Wildman–Crippen LogP) is 4.24. The molecule has 3 rings (SSSR count). The first kappa shape index (κ1) is 20.5. The molecule has 3 aromatic rings. The molecule has 6 nitrogen and oxygen atoms in total. The lowest BCUT2D eigenvalue weighted by molar-refractivity contribution is -0.123. The number of nitrogens with one attached hydrogen (secondary N) is 1. The number of nitriles is 1. The monoisotopic (exact) mass is 412 g/mol. The van der Waals surface area contributed by atoms with Gasteiger partial charge in [0, 0.05) is 28.4 Å². The number of halogens is 1. The van der Waals surface area contributed by atoms with E-state index in [-0.39, 0.29) is 11.5 Å². The summed E-state index contributed by atoms with van der Waals surface area (Å²) >= 11 is 1.09. The molecule has 29 heavy (non-hydrogen) atoms. The molecule has 1 N–H and O–H groups in total. The standard InChI is InChI=1S/C21H17FN2O4S/c1-12(20(25)24-14-6-3-5-13(9-14)10-23)28-21(26)19-15(11-27-2)18-16(22)7-4-8-17(18)29-19/h3-9,12H,11H2,1-2H3,(H,24,25)/t12-/m0/s1. The van der Waals surface area contributed by atoms with Crippen LogP contribution in [-0.4, -0.2) is 25.1 Å². The number of fused-ring (bicyclic) bond motifs is 1. The molecule has 0 fully saturated rings. The van der Waals surface area contributed by atoms with Crippen molar-refractivity contribution in [3.05, 3.63) is 64.3 Å². The number of thiophene rings is 1. The maximum absolute atomic E-state index is 14.3. The highest BCUT2D eigenvalue weighted by molar-refractivity contribution is 7.21. The van der Waals surface area contributed by atoms with E-state index in [0.29, 0.717) is 26.9 Å². The molecule has 1 amide bonds. The molecule has 0 aliphatic carbocycles. The first-order valence-electron chi connectivity index (χ1n) is 8.65. The maximum atomic E-state index is 14.3. The quantitative estimate of drug-likeness (QED) is 0.612. The van der Waals surface area contributed by atoms with Crippen molar-refractivity contribution in [3.8, 4) is 6.07 Å². The summed E-state index contributed by atoms with van der Waals surface area (Å²) in [5.74, 6) is -1.73. The Balaban J connectivity index is 1.79. The molecular formula is C21H17FN2O4S. The molecule has 0 unspecified atom stereocenters. The van der Waals surface area contributed by atoms with E-state index in [2.05, 4.69) is 5.32 Å². The summed E-state index contributed by atoms with van der Waals surface area (Å²) in [7, 11) is 1.45. The van der Waals surface area contributed by atoms with Crippen LogP contribution in [0.1, 0.15) is 27.7 Å². The third-order valence-corrected chi connectivity index (χ3v) is 5.33. The van der Waals surface area contributed by atoms with Gasteiger partial charge in [0.15, 0.2) is 6.10 Å². The molecule has 0 spiro atoms. The predicted molar refractivity (Wildman–Crippen MR) is 107 cm³/mol. The zero-order chi connectivity index (χ0) is 21.0. The summed E-state index contributed by atoms with van der Waals surface area (Å²) in [6, 6.07) is 12.9. The minimum atomic E-state index is -1.10. The van der Waals surface area contributed by atoms with E-state index < -0.39 is 23.8 Å². The maximum Gasteiger partial charge on any atom is 0.349 e. The van der Waals surface area contributed by atoms with Gasteiger partial charge in [-0.1, -0.05) is 12.1 Å². The van der Waals surface area contributed by atoms with Gasteiger partial charge in [-0.3, -0.25) is 4.79 Å². The average Bonchev–Trinajstić information content (AvgIpc) is 3.08. The van der Waals surface area contributed by atoms with E-state index in [1.807, 2.05) is 6.07 Å². The van der Waals surface area contributed by atoms with Crippen LogP contribution in [0.4, 0.5) is 10.1 Å². The van der Waals surface area contributed by atoms with Gasteiger partial charge >= 0.3 is 5.97 Å². The Hall–Kier alpha value is -3.28. The molecule has 1 heterocycles. The fraction of sp³-hybridized carbons (Fsp3) is 0.190. The van der Waals surface area contributed by atoms with Crippen molar-refractivity contribution >= 4 is 39.0 Å². The number of hydrogen-bond acceptors (Lipinski definition) is 6. The number of rotatable bonds is 6. The summed E-state index contributed by atoms with van der Waals surface area (Å²) in [5, 5.41) is 11.8. The van der Waals surface area contributed by atoms with Crippen molar-refractivity contribution in [2.75, 3.05) is 12.4 Å². The third-order valence-electron chi connectivity index (χ3n) is 4.15. The average molecular weight is 412 g/mol. The molecule has 0 radical (unpaired) electrons. The van der Waals surface area contributed by atoms with Crippen molar-refractivity contribution in [2.24, 2.45) is 0 Å². The van der Waals surface area contributed by atoms with E-state index in [1.165, 1.54) is 26.2 Å². The van der Waals surface area contributed by atoms with Gasteiger partial charge in [-0.15, -0.1) is 11.3 Å². The van der Waals surface area contributed by atoms with Crippen LogP contribution in [0.2, 0.25) is 0 Å². The fourth-order valence-corrected chi connectivity index (χ4v) is 3.90.